The van der Waals surface area contributed by atoms with E-state index in [1.165, 1.54) is 19.3 Å². The Kier molecular flexibility index (Phi) is 4.56. The third kappa shape index (κ3) is 3.42. The SMILES string of the molecule is C=C(Cl)/C=C(\C(=C)OC)C1C(=O)Nc2cc(C(F)(F)F)ccc21. The summed E-state index contributed by atoms with van der Waals surface area (Å²) in [5.41, 5.74) is -0.00580. The van der Waals surface area contributed by atoms with Crippen LogP contribution >= 0.6 is 11.6 Å². The lowest BCUT2D eigenvalue weighted by Gasteiger charge is -2.16. The molecule has 23 heavy (non-hydrogen) atoms. The van der Waals surface area contributed by atoms with Crippen LogP contribution in [0.25, 0.3) is 0 Å². The first-order chi connectivity index (χ1) is 10.6. The summed E-state index contributed by atoms with van der Waals surface area (Å²) in [4.78, 5) is 12.2. The second-order valence-corrected chi connectivity index (χ2v) is 5.38. The van der Waals surface area contributed by atoms with Gasteiger partial charge in [-0.15, -0.1) is 0 Å². The number of benzene rings is 1. The van der Waals surface area contributed by atoms with E-state index in [-0.39, 0.29) is 16.5 Å². The van der Waals surface area contributed by atoms with Gasteiger partial charge in [0.25, 0.3) is 0 Å². The van der Waals surface area contributed by atoms with Gasteiger partial charge in [-0.2, -0.15) is 13.2 Å². The number of nitrogens with one attached hydrogen (secondary N) is 1. The zero-order valence-electron chi connectivity index (χ0n) is 12.1. The van der Waals surface area contributed by atoms with Gasteiger partial charge < -0.3 is 10.1 Å². The number of amides is 1. The van der Waals surface area contributed by atoms with E-state index in [1.54, 1.807) is 0 Å². The number of methoxy groups -OCH3 is 1. The van der Waals surface area contributed by atoms with Crippen molar-refractivity contribution in [1.82, 2.24) is 0 Å². The number of hydrogen-bond donors (Lipinski definition) is 1. The second-order valence-electron chi connectivity index (χ2n) is 4.90. The lowest BCUT2D eigenvalue weighted by Crippen LogP contribution is -2.15. The molecule has 0 saturated heterocycles. The molecular formula is C16H13ClF3NO2. The van der Waals surface area contributed by atoms with Crippen LogP contribution in [0.1, 0.15) is 17.0 Å². The van der Waals surface area contributed by atoms with Gasteiger partial charge in [0.15, 0.2) is 0 Å². The molecule has 1 amide bonds. The highest BCUT2D eigenvalue weighted by Gasteiger charge is 2.38. The zero-order chi connectivity index (χ0) is 17.4. The molecule has 0 radical (unpaired) electrons. The van der Waals surface area contributed by atoms with Crippen molar-refractivity contribution in [1.29, 1.82) is 0 Å². The van der Waals surface area contributed by atoms with Crippen molar-refractivity contribution in [2.24, 2.45) is 0 Å². The molecule has 0 spiro atoms. The number of hydrogen-bond acceptors (Lipinski definition) is 2. The maximum Gasteiger partial charge on any atom is 0.416 e. The molecule has 7 heteroatoms. The summed E-state index contributed by atoms with van der Waals surface area (Å²) < 4.78 is 43.4. The van der Waals surface area contributed by atoms with Crippen LogP contribution in [0, 0.1) is 0 Å². The molecule has 0 aliphatic carbocycles. The summed E-state index contributed by atoms with van der Waals surface area (Å²) in [6, 6.07) is 3.08. The van der Waals surface area contributed by atoms with Gasteiger partial charge in [-0.05, 0) is 23.8 Å². The molecule has 2 rings (SSSR count). The summed E-state index contributed by atoms with van der Waals surface area (Å²) >= 11 is 5.76. The molecule has 1 unspecified atom stereocenters. The predicted molar refractivity (Wildman–Crippen MR) is 82.0 cm³/mol. The molecule has 1 atom stereocenters. The predicted octanol–water partition coefficient (Wildman–Crippen LogP) is 4.58. The number of ether oxygens (including phenoxy) is 1. The van der Waals surface area contributed by atoms with Gasteiger partial charge in [0, 0.05) is 16.3 Å². The Morgan fingerprint density at radius 3 is 2.57 bits per heavy atom. The van der Waals surface area contributed by atoms with Gasteiger partial charge in [0.2, 0.25) is 5.91 Å². The fourth-order valence-corrected chi connectivity index (χ4v) is 2.48. The van der Waals surface area contributed by atoms with Crippen molar-refractivity contribution in [3.8, 4) is 0 Å². The van der Waals surface area contributed by atoms with Crippen molar-refractivity contribution < 1.29 is 22.7 Å². The number of allylic oxidation sites excluding steroid dienone is 3. The monoisotopic (exact) mass is 343 g/mol. The van der Waals surface area contributed by atoms with Crippen LogP contribution in [-0.2, 0) is 15.7 Å². The minimum atomic E-state index is -4.49. The minimum Gasteiger partial charge on any atom is -0.497 e. The van der Waals surface area contributed by atoms with Gasteiger partial charge in [0.1, 0.15) is 5.76 Å². The van der Waals surface area contributed by atoms with Crippen molar-refractivity contribution >= 4 is 23.2 Å². The maximum absolute atomic E-state index is 12.8. The highest BCUT2D eigenvalue weighted by molar-refractivity contribution is 6.31. The van der Waals surface area contributed by atoms with Crippen LogP contribution < -0.4 is 5.32 Å². The van der Waals surface area contributed by atoms with E-state index in [1.807, 2.05) is 0 Å². The second kappa shape index (κ2) is 6.12. The van der Waals surface area contributed by atoms with Crippen LogP contribution in [0.3, 0.4) is 0 Å². The normalized spacial score (nSPS) is 17.5. The van der Waals surface area contributed by atoms with E-state index in [2.05, 4.69) is 18.5 Å². The first-order valence-corrected chi connectivity index (χ1v) is 6.84. The Bertz CT molecular complexity index is 723. The van der Waals surface area contributed by atoms with E-state index < -0.39 is 23.6 Å². The highest BCUT2D eigenvalue weighted by atomic mass is 35.5. The van der Waals surface area contributed by atoms with Crippen molar-refractivity contribution in [3.63, 3.8) is 0 Å². The number of halogens is 4. The van der Waals surface area contributed by atoms with E-state index in [0.717, 1.165) is 12.1 Å². The van der Waals surface area contributed by atoms with Crippen LogP contribution in [0.4, 0.5) is 18.9 Å². The molecule has 1 heterocycles. The summed E-state index contributed by atoms with van der Waals surface area (Å²) in [7, 11) is 1.37. The number of alkyl halides is 3. The van der Waals surface area contributed by atoms with E-state index in [4.69, 9.17) is 16.3 Å². The molecule has 122 valence electrons. The molecule has 1 aromatic carbocycles. The number of fused-ring (bicyclic) bond motifs is 1. The van der Waals surface area contributed by atoms with Crippen LogP contribution in [0.2, 0.25) is 0 Å². The molecule has 0 fully saturated rings. The minimum absolute atomic E-state index is 0.102. The van der Waals surface area contributed by atoms with Crippen molar-refractivity contribution in [2.45, 2.75) is 12.1 Å². The first kappa shape index (κ1) is 17.1. The van der Waals surface area contributed by atoms with Gasteiger partial charge in [-0.3, -0.25) is 4.79 Å². The Morgan fingerprint density at radius 2 is 2.04 bits per heavy atom. The fraction of sp³-hybridized carbons (Fsp3) is 0.188. The van der Waals surface area contributed by atoms with E-state index in [0.29, 0.717) is 11.1 Å². The van der Waals surface area contributed by atoms with E-state index in [9.17, 15) is 18.0 Å². The summed E-state index contributed by atoms with van der Waals surface area (Å²) in [6.45, 7) is 7.21. The Labute approximate surface area is 136 Å². The summed E-state index contributed by atoms with van der Waals surface area (Å²) in [6.07, 6.45) is -3.08. The van der Waals surface area contributed by atoms with Crippen molar-refractivity contribution in [3.05, 3.63) is 64.9 Å². The lowest BCUT2D eigenvalue weighted by atomic mass is 9.90. The number of anilines is 1. The smallest absolute Gasteiger partial charge is 0.416 e. The molecule has 0 bridgehead atoms. The Morgan fingerprint density at radius 1 is 1.39 bits per heavy atom. The number of carbonyl (C=O) groups is 1. The average Bonchev–Trinajstić information content (AvgIpc) is 2.77. The molecule has 0 aromatic heterocycles. The van der Waals surface area contributed by atoms with E-state index >= 15 is 0 Å². The Hall–Kier alpha value is -2.21. The lowest BCUT2D eigenvalue weighted by molar-refractivity contribution is -0.137. The average molecular weight is 344 g/mol. The molecule has 1 aliphatic rings. The van der Waals surface area contributed by atoms with Crippen LogP contribution in [0.15, 0.2) is 53.8 Å². The van der Waals surface area contributed by atoms with Gasteiger partial charge >= 0.3 is 6.18 Å². The number of rotatable bonds is 4. The number of carbonyl (C=O) groups excluding carboxylic acids is 1. The van der Waals surface area contributed by atoms with Crippen LogP contribution in [0.5, 0.6) is 0 Å². The maximum atomic E-state index is 12.8. The summed E-state index contributed by atoms with van der Waals surface area (Å²) in [5.74, 6) is -1.17. The molecule has 0 saturated carbocycles. The topological polar surface area (TPSA) is 38.3 Å². The zero-order valence-corrected chi connectivity index (χ0v) is 12.9. The fourth-order valence-electron chi connectivity index (χ4n) is 2.36. The quantitative estimate of drug-likeness (QED) is 0.642. The largest absolute Gasteiger partial charge is 0.497 e. The van der Waals surface area contributed by atoms with Crippen molar-refractivity contribution in [2.75, 3.05) is 12.4 Å². The summed E-state index contributed by atoms with van der Waals surface area (Å²) in [5, 5.41) is 2.59. The first-order valence-electron chi connectivity index (χ1n) is 6.46. The third-order valence-corrected chi connectivity index (χ3v) is 3.51. The molecule has 1 aliphatic heterocycles. The molecule has 1 aromatic rings. The highest BCUT2D eigenvalue weighted by Crippen LogP contribution is 2.42. The molecule has 1 N–H and O–H groups in total. The standard InChI is InChI=1S/C16H13ClF3NO2/c1-8(17)6-12(9(2)23-3)14-11-5-4-10(16(18,19)20)7-13(11)21-15(14)22/h4-7,14H,1-2H2,3H3,(H,21,22)/b12-6+. The third-order valence-electron chi connectivity index (χ3n) is 3.40. The molecular weight excluding hydrogens is 331 g/mol. The van der Waals surface area contributed by atoms with Gasteiger partial charge in [0.05, 0.1) is 18.6 Å². The van der Waals surface area contributed by atoms with Gasteiger partial charge in [-0.1, -0.05) is 30.8 Å². The van der Waals surface area contributed by atoms with Gasteiger partial charge in [-0.25, -0.2) is 0 Å². The Balaban J connectivity index is 2.53. The van der Waals surface area contributed by atoms with Crippen LogP contribution in [-0.4, -0.2) is 13.0 Å². The molecule has 3 nitrogen and oxygen atoms in total.